The molecule has 0 saturated carbocycles. The highest BCUT2D eigenvalue weighted by Gasteiger charge is 2.20. The topological polar surface area (TPSA) is 88.9 Å². The number of carbonyl (C=O) groups is 2. The molecule has 0 spiro atoms. The first-order chi connectivity index (χ1) is 14.5. The van der Waals surface area contributed by atoms with Gasteiger partial charge in [-0.15, -0.1) is 0 Å². The fraction of sp³-hybridized carbons (Fsp3) is 0.318. The average Bonchev–Trinajstić information content (AvgIpc) is 2.77. The summed E-state index contributed by atoms with van der Waals surface area (Å²) in [6.45, 7) is 2.25. The van der Waals surface area contributed by atoms with Gasteiger partial charge in [-0.25, -0.2) is 4.79 Å². The third-order valence-corrected chi connectivity index (χ3v) is 4.65. The molecule has 2 rings (SSSR count). The van der Waals surface area contributed by atoms with Gasteiger partial charge in [-0.05, 0) is 46.6 Å². The average molecular weight is 475 g/mol. The van der Waals surface area contributed by atoms with Gasteiger partial charge in [0.2, 0.25) is 0 Å². The molecule has 2 aromatic carbocycles. The summed E-state index contributed by atoms with van der Waals surface area (Å²) < 4.78 is 16.7. The molecule has 0 aliphatic rings. The number of carbonyl (C=O) groups excluding carboxylic acids is 2. The molecule has 0 heterocycles. The zero-order chi connectivity index (χ0) is 21.9. The van der Waals surface area contributed by atoms with Crippen molar-refractivity contribution in [2.45, 2.75) is 19.8 Å². The third kappa shape index (κ3) is 6.22. The summed E-state index contributed by atoms with van der Waals surface area (Å²) in [7, 11) is 1.48. The van der Waals surface area contributed by atoms with Crippen molar-refractivity contribution < 1.29 is 23.8 Å². The highest BCUT2D eigenvalue weighted by Crippen LogP contribution is 2.37. The van der Waals surface area contributed by atoms with Crippen LogP contribution < -0.4 is 14.4 Å². The van der Waals surface area contributed by atoms with Crippen molar-refractivity contribution in [1.29, 1.82) is 5.26 Å². The van der Waals surface area contributed by atoms with Crippen molar-refractivity contribution in [3.63, 3.8) is 0 Å². The Balaban J connectivity index is 2.10. The second kappa shape index (κ2) is 11.8. The summed E-state index contributed by atoms with van der Waals surface area (Å²) in [6, 6.07) is 14.0. The van der Waals surface area contributed by atoms with Gasteiger partial charge in [-0.1, -0.05) is 25.1 Å². The van der Waals surface area contributed by atoms with Crippen LogP contribution in [0.3, 0.4) is 0 Å². The van der Waals surface area contributed by atoms with Crippen molar-refractivity contribution >= 4 is 33.5 Å². The minimum absolute atomic E-state index is 0.165. The van der Waals surface area contributed by atoms with Crippen LogP contribution in [0.2, 0.25) is 0 Å². The Labute approximate surface area is 184 Å². The van der Waals surface area contributed by atoms with Crippen LogP contribution in [0.25, 0.3) is 0 Å². The SMILES string of the molecule is CCCOc1c(Br)cc(C(=O)OCC(=O)N(CCC#N)c2ccccc2)cc1OC. The van der Waals surface area contributed by atoms with Crippen LogP contribution in [0.1, 0.15) is 30.1 Å². The van der Waals surface area contributed by atoms with E-state index in [-0.39, 0.29) is 18.5 Å². The van der Waals surface area contributed by atoms with Crippen LogP contribution >= 0.6 is 15.9 Å². The van der Waals surface area contributed by atoms with Gasteiger partial charge in [0.15, 0.2) is 18.1 Å². The second-order valence-corrected chi connectivity index (χ2v) is 7.06. The molecule has 158 valence electrons. The molecule has 0 aliphatic carbocycles. The number of amides is 1. The number of halogens is 1. The Kier molecular flexibility index (Phi) is 9.16. The van der Waals surface area contributed by atoms with Crippen LogP contribution in [0.15, 0.2) is 46.9 Å². The highest BCUT2D eigenvalue weighted by molar-refractivity contribution is 9.10. The van der Waals surface area contributed by atoms with E-state index >= 15 is 0 Å². The van der Waals surface area contributed by atoms with Gasteiger partial charge in [0, 0.05) is 12.2 Å². The minimum atomic E-state index is -0.669. The molecule has 0 aliphatic heterocycles. The Morgan fingerprint density at radius 2 is 1.93 bits per heavy atom. The number of hydrogen-bond acceptors (Lipinski definition) is 6. The molecule has 1 amide bonds. The number of nitriles is 1. The fourth-order valence-corrected chi connectivity index (χ4v) is 3.19. The first-order valence-electron chi connectivity index (χ1n) is 9.41. The van der Waals surface area contributed by atoms with E-state index in [0.29, 0.717) is 28.3 Å². The largest absolute Gasteiger partial charge is 0.493 e. The smallest absolute Gasteiger partial charge is 0.338 e. The van der Waals surface area contributed by atoms with E-state index < -0.39 is 18.5 Å². The van der Waals surface area contributed by atoms with Crippen LogP contribution in [-0.4, -0.2) is 38.7 Å². The monoisotopic (exact) mass is 474 g/mol. The standard InChI is InChI=1S/C22H23BrN2O5/c1-3-12-29-21-18(23)13-16(14-19(21)28-2)22(27)30-15-20(26)25(11-7-10-24)17-8-5-4-6-9-17/h4-6,8-9,13-14H,3,7,11-12,15H2,1-2H3. The molecule has 0 aromatic heterocycles. The van der Waals surface area contributed by atoms with Gasteiger partial charge in [0.1, 0.15) is 0 Å². The summed E-state index contributed by atoms with van der Waals surface area (Å²) in [5, 5.41) is 8.86. The van der Waals surface area contributed by atoms with E-state index in [1.54, 1.807) is 30.3 Å². The lowest BCUT2D eigenvalue weighted by atomic mass is 10.2. The van der Waals surface area contributed by atoms with E-state index in [1.165, 1.54) is 18.1 Å². The molecule has 30 heavy (non-hydrogen) atoms. The molecule has 0 N–H and O–H groups in total. The third-order valence-electron chi connectivity index (χ3n) is 4.06. The number of esters is 1. The first-order valence-corrected chi connectivity index (χ1v) is 10.2. The Morgan fingerprint density at radius 3 is 2.57 bits per heavy atom. The maximum absolute atomic E-state index is 12.6. The molecule has 0 unspecified atom stereocenters. The summed E-state index contributed by atoms with van der Waals surface area (Å²) in [4.78, 5) is 26.6. The summed E-state index contributed by atoms with van der Waals surface area (Å²) in [6.07, 6.45) is 0.989. The zero-order valence-electron chi connectivity index (χ0n) is 16.9. The molecule has 7 nitrogen and oxygen atoms in total. The molecule has 2 aromatic rings. The lowest BCUT2D eigenvalue weighted by Gasteiger charge is -2.21. The lowest BCUT2D eigenvalue weighted by Crippen LogP contribution is -2.35. The van der Waals surface area contributed by atoms with Gasteiger partial charge < -0.3 is 19.1 Å². The number of ether oxygens (including phenoxy) is 3. The summed E-state index contributed by atoms with van der Waals surface area (Å²) >= 11 is 3.38. The van der Waals surface area contributed by atoms with Gasteiger partial charge in [0.05, 0.1) is 36.2 Å². The number of para-hydroxylation sites is 1. The maximum Gasteiger partial charge on any atom is 0.338 e. The molecular weight excluding hydrogens is 452 g/mol. The van der Waals surface area contributed by atoms with Gasteiger partial charge in [-0.3, -0.25) is 4.79 Å². The zero-order valence-corrected chi connectivity index (χ0v) is 18.5. The van der Waals surface area contributed by atoms with Gasteiger partial charge in [-0.2, -0.15) is 5.26 Å². The predicted molar refractivity (Wildman–Crippen MR) is 116 cm³/mol. The molecule has 0 fully saturated rings. The van der Waals surface area contributed by atoms with Gasteiger partial charge in [0.25, 0.3) is 5.91 Å². The van der Waals surface area contributed by atoms with Crippen molar-refractivity contribution in [3.8, 4) is 17.6 Å². The molecule has 0 radical (unpaired) electrons. The first kappa shape index (κ1) is 23.2. The van der Waals surface area contributed by atoms with Crippen molar-refractivity contribution in [1.82, 2.24) is 0 Å². The maximum atomic E-state index is 12.6. The Morgan fingerprint density at radius 1 is 1.20 bits per heavy atom. The summed E-state index contributed by atoms with van der Waals surface area (Å²) in [5.41, 5.74) is 0.856. The van der Waals surface area contributed by atoms with Crippen LogP contribution in [0, 0.1) is 11.3 Å². The van der Waals surface area contributed by atoms with Crippen LogP contribution in [0.4, 0.5) is 5.69 Å². The Hall–Kier alpha value is -3.05. The fourth-order valence-electron chi connectivity index (χ4n) is 2.64. The number of benzene rings is 2. The quantitative estimate of drug-likeness (QED) is 0.475. The van der Waals surface area contributed by atoms with Crippen molar-refractivity contribution in [3.05, 3.63) is 52.5 Å². The number of methoxy groups -OCH3 is 1. The van der Waals surface area contributed by atoms with Crippen LogP contribution in [0.5, 0.6) is 11.5 Å². The highest BCUT2D eigenvalue weighted by atomic mass is 79.9. The molecule has 0 bridgehead atoms. The summed E-state index contributed by atoms with van der Waals surface area (Å²) in [5.74, 6) is -0.203. The molecular formula is C22H23BrN2O5. The van der Waals surface area contributed by atoms with Gasteiger partial charge >= 0.3 is 5.97 Å². The van der Waals surface area contributed by atoms with Crippen molar-refractivity contribution in [2.24, 2.45) is 0 Å². The molecule has 0 saturated heterocycles. The van der Waals surface area contributed by atoms with E-state index in [4.69, 9.17) is 19.5 Å². The molecule has 8 heteroatoms. The predicted octanol–water partition coefficient (Wildman–Crippen LogP) is 4.35. The molecule has 0 atom stereocenters. The van der Waals surface area contributed by atoms with Crippen LogP contribution in [-0.2, 0) is 9.53 Å². The number of nitrogens with zero attached hydrogens (tertiary/aromatic N) is 2. The van der Waals surface area contributed by atoms with Crippen molar-refractivity contribution in [2.75, 3.05) is 31.8 Å². The van der Waals surface area contributed by atoms with E-state index in [0.717, 1.165) is 6.42 Å². The van der Waals surface area contributed by atoms with E-state index in [2.05, 4.69) is 15.9 Å². The number of hydrogen-bond donors (Lipinski definition) is 0. The normalized spacial score (nSPS) is 10.1. The van der Waals surface area contributed by atoms with E-state index in [1.807, 2.05) is 19.1 Å². The minimum Gasteiger partial charge on any atom is -0.493 e. The number of anilines is 1. The Bertz CT molecular complexity index is 912. The number of rotatable bonds is 10. The van der Waals surface area contributed by atoms with E-state index in [9.17, 15) is 9.59 Å². The second-order valence-electron chi connectivity index (χ2n) is 6.20. The lowest BCUT2D eigenvalue weighted by molar-refractivity contribution is -0.121.